The van der Waals surface area contributed by atoms with Crippen LogP contribution in [0.5, 0.6) is 28.7 Å². The number of rotatable bonds is 16. The van der Waals surface area contributed by atoms with Crippen molar-refractivity contribution in [3.63, 3.8) is 0 Å². The minimum atomic E-state index is -0.0926. The van der Waals surface area contributed by atoms with Crippen molar-refractivity contribution >= 4 is 57.2 Å². The summed E-state index contributed by atoms with van der Waals surface area (Å²) in [4.78, 5) is 47.6. The predicted octanol–water partition coefficient (Wildman–Crippen LogP) is 8.11. The number of carbonyl (C=O) groups is 2. The van der Waals surface area contributed by atoms with Crippen molar-refractivity contribution in [3.05, 3.63) is 82.2 Å². The second-order valence-electron chi connectivity index (χ2n) is 15.9. The molecule has 2 aromatic carbocycles. The zero-order valence-corrected chi connectivity index (χ0v) is 37.3. The van der Waals surface area contributed by atoms with Gasteiger partial charge in [-0.05, 0) is 66.0 Å². The van der Waals surface area contributed by atoms with Gasteiger partial charge in [0.15, 0.2) is 23.0 Å². The first kappa shape index (κ1) is 43.1. The molecule has 4 aliphatic heterocycles. The van der Waals surface area contributed by atoms with Gasteiger partial charge in [-0.1, -0.05) is 44.9 Å². The van der Waals surface area contributed by atoms with Crippen LogP contribution < -0.4 is 23.7 Å². The van der Waals surface area contributed by atoms with E-state index < -0.39 is 0 Å². The summed E-state index contributed by atoms with van der Waals surface area (Å²) in [7, 11) is 8.83. The van der Waals surface area contributed by atoms with E-state index in [1.807, 2.05) is 59.0 Å². The zero-order chi connectivity index (χ0) is 42.6. The molecule has 0 saturated carbocycles. The van der Waals surface area contributed by atoms with Crippen molar-refractivity contribution in [1.29, 1.82) is 0 Å². The summed E-state index contributed by atoms with van der Waals surface area (Å²) >= 11 is 0. The Morgan fingerprint density at radius 2 is 1.27 bits per heavy atom. The second-order valence-corrected chi connectivity index (χ2v) is 19.0. The minimum Gasteiger partial charge on any atom is -0.493 e. The van der Waals surface area contributed by atoms with Crippen LogP contribution in [0.4, 0.5) is 11.4 Å². The standard InChI is InChI=1S/C45H54N6O7S2/c1-9-28-13-32-21-46-37-19-41(39(54-6)17-35(37)43(52)50(32)23-28)57-25-30-15-34(56-12-11-49(5)27-45(3,4)60-59-8)16-31(48-30)26-58-42-20-38-36(18-40(42)55-7)44(53)51-24-29(10-2)14-33(51)22-47-38/h9-10,15-22,32-33H,11-14,23-27H2,1-8H3/b28-9+,29-10+/t32-,33?/m0/s1. The number of methoxy groups -OCH3 is 2. The Hall–Kier alpha value is -4.99. The zero-order valence-electron chi connectivity index (χ0n) is 35.6. The van der Waals surface area contributed by atoms with E-state index in [2.05, 4.69) is 44.2 Å². The van der Waals surface area contributed by atoms with Crippen molar-refractivity contribution in [3.8, 4) is 28.7 Å². The highest BCUT2D eigenvalue weighted by Gasteiger charge is 2.36. The van der Waals surface area contributed by atoms with E-state index in [0.29, 0.717) is 82.3 Å². The molecule has 1 unspecified atom stereocenters. The number of likely N-dealkylation sites (N-methyl/N-ethyl adjacent to an activating group) is 1. The van der Waals surface area contributed by atoms with E-state index in [1.54, 1.807) is 49.3 Å². The van der Waals surface area contributed by atoms with Crippen LogP contribution in [0.3, 0.4) is 0 Å². The quantitative estimate of drug-likeness (QED) is 0.102. The van der Waals surface area contributed by atoms with Crippen molar-refractivity contribution < 1.29 is 33.3 Å². The molecule has 0 aliphatic carbocycles. The molecule has 2 atom stereocenters. The van der Waals surface area contributed by atoms with E-state index in [-0.39, 0.29) is 41.9 Å². The van der Waals surface area contributed by atoms with Crippen LogP contribution in [-0.4, -0.2) is 121 Å². The number of fused-ring (bicyclic) bond motifs is 4. The van der Waals surface area contributed by atoms with Gasteiger partial charge in [-0.15, -0.1) is 0 Å². The number of nitrogens with zero attached hydrogens (tertiary/aromatic N) is 6. The van der Waals surface area contributed by atoms with Gasteiger partial charge in [0, 0.05) is 67.6 Å². The summed E-state index contributed by atoms with van der Waals surface area (Å²) in [6, 6.07) is 10.4. The van der Waals surface area contributed by atoms with Crippen molar-refractivity contribution in [2.45, 2.75) is 70.6 Å². The van der Waals surface area contributed by atoms with Gasteiger partial charge in [0.1, 0.15) is 25.6 Å². The van der Waals surface area contributed by atoms with Crippen molar-refractivity contribution in [1.82, 2.24) is 19.7 Å². The molecule has 13 nitrogen and oxygen atoms in total. The fourth-order valence-corrected chi connectivity index (χ4v) is 10.2. The molecule has 5 heterocycles. The number of pyridine rings is 1. The van der Waals surface area contributed by atoms with E-state index in [9.17, 15) is 9.59 Å². The van der Waals surface area contributed by atoms with Gasteiger partial charge in [-0.2, -0.15) is 0 Å². The Labute approximate surface area is 360 Å². The maximum absolute atomic E-state index is 13.7. The molecule has 0 bridgehead atoms. The van der Waals surface area contributed by atoms with Gasteiger partial charge in [0.25, 0.3) is 11.8 Å². The monoisotopic (exact) mass is 854 g/mol. The van der Waals surface area contributed by atoms with Crippen LogP contribution in [-0.2, 0) is 13.2 Å². The molecule has 0 spiro atoms. The average Bonchev–Trinajstić information content (AvgIpc) is 3.80. The molecular weight excluding hydrogens is 801 g/mol. The van der Waals surface area contributed by atoms with Gasteiger partial charge in [-0.3, -0.25) is 24.6 Å². The van der Waals surface area contributed by atoms with Gasteiger partial charge >= 0.3 is 0 Å². The normalized spacial score (nSPS) is 19.6. The third-order valence-corrected chi connectivity index (χ3v) is 13.6. The number of aliphatic imine (C=N–C) groups is 2. The second kappa shape index (κ2) is 18.7. The topological polar surface area (TPSA) is 128 Å². The Morgan fingerprint density at radius 3 is 1.72 bits per heavy atom. The molecule has 7 rings (SSSR count). The molecule has 3 aromatic rings. The fraction of sp³-hybridized carbons (Fsp3) is 0.444. The maximum Gasteiger partial charge on any atom is 0.257 e. The molecule has 1 aromatic heterocycles. The number of aromatic nitrogens is 1. The highest BCUT2D eigenvalue weighted by atomic mass is 33.1. The van der Waals surface area contributed by atoms with Crippen molar-refractivity contribution in [2.24, 2.45) is 9.98 Å². The minimum absolute atomic E-state index is 0.0714. The predicted molar refractivity (Wildman–Crippen MR) is 240 cm³/mol. The smallest absolute Gasteiger partial charge is 0.257 e. The third-order valence-electron chi connectivity index (χ3n) is 11.0. The van der Waals surface area contributed by atoms with E-state index in [1.165, 1.54) is 11.1 Å². The SMILES string of the molecule is C/C=C1\CC2C=Nc3cc(OCc4cc(OCCN(C)CC(C)(C)SSC)cc(COc5cc6c(cc5OC)C(=O)N5C/C(=C/C)C[C@H]5C=N6)n4)c(OC)cc3C(=O)N2C1. The highest BCUT2D eigenvalue weighted by molar-refractivity contribution is 8.77. The number of carbonyl (C=O) groups excluding carboxylic acids is 2. The average molecular weight is 855 g/mol. The van der Waals surface area contributed by atoms with Crippen LogP contribution >= 0.6 is 21.6 Å². The summed E-state index contributed by atoms with van der Waals surface area (Å²) in [5.74, 6) is 2.14. The molecule has 2 amide bonds. The lowest BCUT2D eigenvalue weighted by Crippen LogP contribution is -2.35. The first-order chi connectivity index (χ1) is 28.9. The summed E-state index contributed by atoms with van der Waals surface area (Å²) in [5.41, 5.74) is 5.61. The fourth-order valence-electron chi connectivity index (χ4n) is 7.98. The number of amides is 2. The molecule has 0 N–H and O–H groups in total. The summed E-state index contributed by atoms with van der Waals surface area (Å²) in [6.45, 7) is 11.9. The third kappa shape index (κ3) is 9.63. The first-order valence-electron chi connectivity index (χ1n) is 20.1. The molecule has 2 saturated heterocycles. The Bertz CT molecular complexity index is 2110. The van der Waals surface area contributed by atoms with Crippen LogP contribution in [0.1, 0.15) is 72.6 Å². The number of hydrogen-bond donors (Lipinski definition) is 0. The highest BCUT2D eigenvalue weighted by Crippen LogP contribution is 2.41. The molecular formula is C45H54N6O7S2. The van der Waals surface area contributed by atoms with Crippen LogP contribution in [0.15, 0.2) is 69.7 Å². The number of ether oxygens (including phenoxy) is 5. The summed E-state index contributed by atoms with van der Waals surface area (Å²) in [5, 5.41) is 0. The van der Waals surface area contributed by atoms with Gasteiger partial charge in [0.05, 0.1) is 60.2 Å². The molecule has 4 aliphatic rings. The Morgan fingerprint density at radius 1 is 0.767 bits per heavy atom. The van der Waals surface area contributed by atoms with Gasteiger partial charge in [-0.25, -0.2) is 0 Å². The van der Waals surface area contributed by atoms with Gasteiger partial charge < -0.3 is 38.4 Å². The molecule has 318 valence electrons. The lowest BCUT2D eigenvalue weighted by Gasteiger charge is -2.28. The summed E-state index contributed by atoms with van der Waals surface area (Å²) in [6.07, 6.45) is 11.5. The first-order valence-corrected chi connectivity index (χ1v) is 22.7. The van der Waals surface area contributed by atoms with E-state index in [4.69, 9.17) is 38.7 Å². The molecule has 60 heavy (non-hydrogen) atoms. The Kier molecular flexibility index (Phi) is 13.5. The van der Waals surface area contributed by atoms with Crippen LogP contribution in [0, 0.1) is 0 Å². The largest absolute Gasteiger partial charge is 0.493 e. The molecule has 0 radical (unpaired) electrons. The lowest BCUT2D eigenvalue weighted by molar-refractivity contribution is 0.0769. The van der Waals surface area contributed by atoms with Crippen LogP contribution in [0.25, 0.3) is 0 Å². The van der Waals surface area contributed by atoms with E-state index in [0.717, 1.165) is 25.9 Å². The van der Waals surface area contributed by atoms with Crippen LogP contribution in [0.2, 0.25) is 0 Å². The van der Waals surface area contributed by atoms with Crippen molar-refractivity contribution in [2.75, 3.05) is 60.3 Å². The maximum atomic E-state index is 13.7. The molecule has 15 heteroatoms. The summed E-state index contributed by atoms with van der Waals surface area (Å²) < 4.78 is 30.6. The molecule has 2 fully saturated rings. The number of allylic oxidation sites excluding steroid dienone is 2. The van der Waals surface area contributed by atoms with E-state index >= 15 is 0 Å². The number of hydrogen-bond acceptors (Lipinski definition) is 13. The Balaban J connectivity index is 1.12. The number of benzene rings is 2. The lowest BCUT2D eigenvalue weighted by atomic mass is 10.1. The van der Waals surface area contributed by atoms with Gasteiger partial charge in [0.2, 0.25) is 0 Å².